The minimum atomic E-state index is 0.0416. The van der Waals surface area contributed by atoms with Crippen molar-refractivity contribution in [2.75, 3.05) is 0 Å². The Hall–Kier alpha value is -7.82. The van der Waals surface area contributed by atoms with Crippen LogP contribution in [-0.4, -0.2) is 19.9 Å². The van der Waals surface area contributed by atoms with Gasteiger partial charge >= 0.3 is 0 Å². The normalized spacial score (nSPS) is 12.1. The molecule has 0 atom stereocenters. The molecule has 0 saturated heterocycles. The highest BCUT2D eigenvalue weighted by molar-refractivity contribution is 6.28. The van der Waals surface area contributed by atoms with Crippen molar-refractivity contribution in [3.63, 3.8) is 0 Å². The fraction of sp³-hybridized carbons (Fsp3) is 0.0690. The van der Waals surface area contributed by atoms with Crippen molar-refractivity contribution in [2.45, 2.75) is 26.2 Å². The third-order valence-corrected chi connectivity index (χ3v) is 12.6. The van der Waals surface area contributed by atoms with Crippen LogP contribution in [0, 0.1) is 0 Å². The lowest BCUT2D eigenvalue weighted by Gasteiger charge is -2.23. The Morgan fingerprint density at radius 3 is 1.50 bits per heavy atom. The Kier molecular flexibility index (Phi) is 8.07. The van der Waals surface area contributed by atoms with Crippen molar-refractivity contribution in [1.82, 2.24) is 19.9 Å². The SMILES string of the molecule is CC(C)(C)c1cc2ccc3c(-c4ccc(-c5ccccn5)cc4)cc(-c4ccc(-c5ccc6ccc7ccc(-c8cnc9ccccc9c8)nc7c6n5)cc4)c4ccc(c1)c2c34. The highest BCUT2D eigenvalue weighted by Crippen LogP contribution is 2.45. The Bertz CT molecular complexity index is 3680. The highest BCUT2D eigenvalue weighted by atomic mass is 14.8. The number of rotatable bonds is 5. The monoisotopic (exact) mass is 792 g/mol. The van der Waals surface area contributed by atoms with E-state index in [0.29, 0.717) is 0 Å². The van der Waals surface area contributed by atoms with Gasteiger partial charge in [-0.15, -0.1) is 0 Å². The molecule has 0 fully saturated rings. The van der Waals surface area contributed by atoms with Crippen LogP contribution in [0.1, 0.15) is 26.3 Å². The van der Waals surface area contributed by atoms with Crippen LogP contribution >= 0.6 is 0 Å². The second kappa shape index (κ2) is 13.9. The Morgan fingerprint density at radius 1 is 0.371 bits per heavy atom. The van der Waals surface area contributed by atoms with Gasteiger partial charge < -0.3 is 0 Å². The first-order chi connectivity index (χ1) is 30.3. The zero-order valence-corrected chi connectivity index (χ0v) is 34.7. The summed E-state index contributed by atoms with van der Waals surface area (Å²) >= 11 is 0. The van der Waals surface area contributed by atoms with Gasteiger partial charge in [-0.3, -0.25) is 9.97 Å². The lowest BCUT2D eigenvalue weighted by molar-refractivity contribution is 0.591. The summed E-state index contributed by atoms with van der Waals surface area (Å²) in [4.78, 5) is 19.8. The number of fused-ring (bicyclic) bond motifs is 4. The van der Waals surface area contributed by atoms with Gasteiger partial charge in [0.05, 0.1) is 33.6 Å². The van der Waals surface area contributed by atoms with Crippen molar-refractivity contribution in [2.24, 2.45) is 0 Å². The first-order valence-electron chi connectivity index (χ1n) is 21.3. The van der Waals surface area contributed by atoms with E-state index in [-0.39, 0.29) is 5.41 Å². The summed E-state index contributed by atoms with van der Waals surface area (Å²) in [7, 11) is 0. The largest absolute Gasteiger partial charge is 0.256 e. The van der Waals surface area contributed by atoms with E-state index in [2.05, 4.69) is 171 Å². The van der Waals surface area contributed by atoms with Crippen LogP contribution in [0.3, 0.4) is 0 Å². The van der Waals surface area contributed by atoms with Gasteiger partial charge in [0.15, 0.2) is 0 Å². The molecule has 0 aliphatic heterocycles. The summed E-state index contributed by atoms with van der Waals surface area (Å²) in [6.45, 7) is 6.88. The zero-order valence-electron chi connectivity index (χ0n) is 34.7. The minimum Gasteiger partial charge on any atom is -0.256 e. The maximum absolute atomic E-state index is 5.29. The van der Waals surface area contributed by atoms with Gasteiger partial charge in [-0.2, -0.15) is 0 Å². The van der Waals surface area contributed by atoms with Crippen LogP contribution in [0.2, 0.25) is 0 Å². The lowest BCUT2D eigenvalue weighted by Crippen LogP contribution is -2.10. The summed E-state index contributed by atoms with van der Waals surface area (Å²) in [6.07, 6.45) is 3.76. The molecule has 0 unspecified atom stereocenters. The molecule has 0 spiro atoms. The quantitative estimate of drug-likeness (QED) is 0.163. The van der Waals surface area contributed by atoms with E-state index in [1.165, 1.54) is 54.6 Å². The molecule has 0 aliphatic carbocycles. The van der Waals surface area contributed by atoms with Gasteiger partial charge in [0.25, 0.3) is 0 Å². The molecule has 4 heterocycles. The fourth-order valence-corrected chi connectivity index (χ4v) is 9.30. The predicted molar refractivity (Wildman–Crippen MR) is 260 cm³/mol. The third-order valence-electron chi connectivity index (χ3n) is 12.6. The van der Waals surface area contributed by atoms with Gasteiger partial charge in [0.1, 0.15) is 0 Å². The molecule has 4 nitrogen and oxygen atoms in total. The average molecular weight is 793 g/mol. The first-order valence-corrected chi connectivity index (χ1v) is 21.3. The number of pyridine rings is 4. The molecule has 8 aromatic carbocycles. The maximum atomic E-state index is 5.29. The number of benzene rings is 8. The Balaban J connectivity index is 0.984. The van der Waals surface area contributed by atoms with Crippen molar-refractivity contribution in [1.29, 1.82) is 0 Å². The van der Waals surface area contributed by atoms with Crippen LogP contribution in [-0.2, 0) is 5.41 Å². The van der Waals surface area contributed by atoms with Gasteiger partial charge in [-0.25, -0.2) is 9.97 Å². The van der Waals surface area contributed by atoms with Crippen LogP contribution in [0.5, 0.6) is 0 Å². The van der Waals surface area contributed by atoms with E-state index in [1.54, 1.807) is 0 Å². The molecule has 12 rings (SSSR count). The van der Waals surface area contributed by atoms with Crippen molar-refractivity contribution >= 4 is 65.0 Å². The topological polar surface area (TPSA) is 51.6 Å². The molecule has 0 N–H and O–H groups in total. The number of para-hydroxylation sites is 1. The van der Waals surface area contributed by atoms with E-state index in [4.69, 9.17) is 15.0 Å². The summed E-state index contributed by atoms with van der Waals surface area (Å²) in [5.41, 5.74) is 14.8. The number of nitrogens with zero attached hydrogens (tertiary/aromatic N) is 4. The number of hydrogen-bond donors (Lipinski definition) is 0. The van der Waals surface area contributed by atoms with E-state index >= 15 is 0 Å². The number of hydrogen-bond acceptors (Lipinski definition) is 4. The van der Waals surface area contributed by atoms with Crippen LogP contribution in [0.15, 0.2) is 188 Å². The second-order valence-electron chi connectivity index (χ2n) is 17.5. The van der Waals surface area contributed by atoms with Gasteiger partial charge in [0, 0.05) is 45.2 Å². The molecular formula is C58H40N4. The van der Waals surface area contributed by atoms with Gasteiger partial charge in [-0.05, 0) is 108 Å². The minimum absolute atomic E-state index is 0.0416. The summed E-state index contributed by atoms with van der Waals surface area (Å²) < 4.78 is 0. The molecule has 0 saturated carbocycles. The molecule has 0 aliphatic rings. The third kappa shape index (κ3) is 5.98. The van der Waals surface area contributed by atoms with Crippen molar-refractivity contribution in [3.05, 3.63) is 194 Å². The molecular weight excluding hydrogens is 753 g/mol. The molecule has 0 radical (unpaired) electrons. The molecule has 4 heteroatoms. The van der Waals surface area contributed by atoms with Gasteiger partial charge in [0.2, 0.25) is 0 Å². The predicted octanol–water partition coefficient (Wildman–Crippen LogP) is 15.3. The molecule has 12 aromatic rings. The molecule has 0 amide bonds. The molecule has 0 bridgehead atoms. The molecule has 4 aromatic heterocycles. The van der Waals surface area contributed by atoms with Crippen molar-refractivity contribution < 1.29 is 0 Å². The van der Waals surface area contributed by atoms with E-state index < -0.39 is 0 Å². The molecule has 62 heavy (non-hydrogen) atoms. The van der Waals surface area contributed by atoms with E-state index in [9.17, 15) is 0 Å². The van der Waals surface area contributed by atoms with E-state index in [0.717, 1.165) is 72.0 Å². The van der Waals surface area contributed by atoms with Crippen LogP contribution in [0.4, 0.5) is 0 Å². The smallest absolute Gasteiger partial charge is 0.0972 e. The van der Waals surface area contributed by atoms with E-state index in [1.807, 2.05) is 42.7 Å². The summed E-state index contributed by atoms with van der Waals surface area (Å²) in [5.74, 6) is 0. The first kappa shape index (κ1) is 36.1. The zero-order chi connectivity index (χ0) is 41.5. The summed E-state index contributed by atoms with van der Waals surface area (Å²) in [5, 5.41) is 10.9. The maximum Gasteiger partial charge on any atom is 0.0972 e. The van der Waals surface area contributed by atoms with Crippen LogP contribution < -0.4 is 0 Å². The average Bonchev–Trinajstić information content (AvgIpc) is 3.32. The second-order valence-corrected chi connectivity index (χ2v) is 17.5. The summed E-state index contributed by atoms with van der Waals surface area (Å²) in [6, 6.07) is 63.4. The highest BCUT2D eigenvalue weighted by Gasteiger charge is 2.21. The molecule has 292 valence electrons. The fourth-order valence-electron chi connectivity index (χ4n) is 9.30. The van der Waals surface area contributed by atoms with Gasteiger partial charge in [-0.1, -0.05) is 154 Å². The standard InChI is InChI=1S/C58H40N4/c1-58(2,3)45-31-42-21-25-46-48(35-11-15-37(16-12-35)50-10-6-7-29-59-50)33-49(47-26-22-43(32-45)54(42)55(46)47)36-13-17-38(18-14-36)52-27-23-39-19-20-40-24-28-53(62-57(40)56(39)61-52)44-30-41-8-4-5-9-51(41)60-34-44/h4-34H,1-3H3. The number of aromatic nitrogens is 4. The Labute approximate surface area is 359 Å². The van der Waals surface area contributed by atoms with Crippen LogP contribution in [0.25, 0.3) is 121 Å². The Morgan fingerprint density at radius 2 is 0.903 bits per heavy atom. The lowest BCUT2D eigenvalue weighted by atomic mass is 9.81. The van der Waals surface area contributed by atoms with Crippen molar-refractivity contribution in [3.8, 4) is 56.0 Å².